The normalized spacial score (nSPS) is 18.3. The first kappa shape index (κ1) is 19.6. The predicted octanol–water partition coefficient (Wildman–Crippen LogP) is 2.91. The van der Waals surface area contributed by atoms with Gasteiger partial charge in [-0.15, -0.1) is 0 Å². The van der Waals surface area contributed by atoms with Crippen LogP contribution in [-0.4, -0.2) is 53.8 Å². The Hall–Kier alpha value is -2.73. The number of rotatable bonds is 5. The molecule has 1 aliphatic heterocycles. The number of aryl methyl sites for hydroxylation is 1. The summed E-state index contributed by atoms with van der Waals surface area (Å²) in [7, 11) is 0. The smallest absolute Gasteiger partial charge is 0.254 e. The monoisotopic (exact) mass is 395 g/mol. The lowest BCUT2D eigenvalue weighted by molar-refractivity contribution is -0.127. The quantitative estimate of drug-likeness (QED) is 0.847. The van der Waals surface area contributed by atoms with Crippen molar-refractivity contribution in [1.29, 1.82) is 0 Å². The Morgan fingerprint density at radius 3 is 2.34 bits per heavy atom. The lowest BCUT2D eigenvalue weighted by atomic mass is 10.0. The summed E-state index contributed by atoms with van der Waals surface area (Å²) in [6.07, 6.45) is 2.09. The molecule has 1 N–H and O–H groups in total. The molecule has 1 saturated carbocycles. The van der Waals surface area contributed by atoms with Gasteiger partial charge in [-0.2, -0.15) is 0 Å². The molecule has 0 spiro atoms. The van der Waals surface area contributed by atoms with Gasteiger partial charge in [-0.05, 0) is 43.0 Å². The summed E-state index contributed by atoms with van der Waals surface area (Å²) in [5.74, 6) is -0.503. The lowest BCUT2D eigenvalue weighted by Gasteiger charge is -2.39. The SMILES string of the molecule is Cc1ccc(C(=O)N2CCN([C@@H](C(=O)NC3CC3)c3ccccc3)CC2)cc1F. The second-order valence-corrected chi connectivity index (χ2v) is 7.89. The Balaban J connectivity index is 1.45. The maximum Gasteiger partial charge on any atom is 0.254 e. The number of amides is 2. The van der Waals surface area contributed by atoms with Gasteiger partial charge in [0, 0.05) is 37.8 Å². The Kier molecular flexibility index (Phi) is 5.62. The fraction of sp³-hybridized carbons (Fsp3) is 0.391. The summed E-state index contributed by atoms with van der Waals surface area (Å²) in [4.78, 5) is 29.6. The van der Waals surface area contributed by atoms with Crippen LogP contribution in [0.15, 0.2) is 48.5 Å². The highest BCUT2D eigenvalue weighted by molar-refractivity contribution is 5.94. The largest absolute Gasteiger partial charge is 0.352 e. The minimum Gasteiger partial charge on any atom is -0.352 e. The van der Waals surface area contributed by atoms with Crippen molar-refractivity contribution in [3.05, 3.63) is 71.0 Å². The average molecular weight is 395 g/mol. The van der Waals surface area contributed by atoms with Crippen molar-refractivity contribution in [2.24, 2.45) is 0 Å². The van der Waals surface area contributed by atoms with Crippen LogP contribution < -0.4 is 5.32 Å². The molecule has 152 valence electrons. The molecule has 0 unspecified atom stereocenters. The van der Waals surface area contributed by atoms with E-state index in [2.05, 4.69) is 10.2 Å². The van der Waals surface area contributed by atoms with Crippen LogP contribution in [0, 0.1) is 12.7 Å². The topological polar surface area (TPSA) is 52.7 Å². The molecule has 2 amide bonds. The number of carbonyl (C=O) groups is 2. The van der Waals surface area contributed by atoms with Gasteiger partial charge in [-0.3, -0.25) is 14.5 Å². The third kappa shape index (κ3) is 4.48. The number of nitrogens with zero attached hydrogens (tertiary/aromatic N) is 2. The van der Waals surface area contributed by atoms with E-state index in [1.165, 1.54) is 6.07 Å². The number of hydrogen-bond acceptors (Lipinski definition) is 3. The molecule has 5 nitrogen and oxygen atoms in total. The highest BCUT2D eigenvalue weighted by atomic mass is 19.1. The van der Waals surface area contributed by atoms with Gasteiger partial charge in [0.15, 0.2) is 0 Å². The summed E-state index contributed by atoms with van der Waals surface area (Å²) < 4.78 is 13.8. The van der Waals surface area contributed by atoms with Gasteiger partial charge >= 0.3 is 0 Å². The minimum atomic E-state index is -0.365. The predicted molar refractivity (Wildman–Crippen MR) is 109 cm³/mol. The maximum absolute atomic E-state index is 13.8. The highest BCUT2D eigenvalue weighted by Gasteiger charge is 2.34. The van der Waals surface area contributed by atoms with Gasteiger partial charge in [-0.25, -0.2) is 4.39 Å². The van der Waals surface area contributed by atoms with E-state index >= 15 is 0 Å². The van der Waals surface area contributed by atoms with E-state index in [1.54, 1.807) is 24.0 Å². The molecular weight excluding hydrogens is 369 g/mol. The van der Waals surface area contributed by atoms with Gasteiger partial charge in [0.05, 0.1) is 0 Å². The summed E-state index contributed by atoms with van der Waals surface area (Å²) in [5, 5.41) is 3.12. The molecule has 1 heterocycles. The lowest BCUT2D eigenvalue weighted by Crippen LogP contribution is -2.52. The maximum atomic E-state index is 13.8. The number of piperazine rings is 1. The highest BCUT2D eigenvalue weighted by Crippen LogP contribution is 2.26. The first-order valence-corrected chi connectivity index (χ1v) is 10.2. The molecule has 1 saturated heterocycles. The van der Waals surface area contributed by atoms with E-state index in [1.807, 2.05) is 30.3 Å². The third-order valence-electron chi connectivity index (χ3n) is 5.67. The van der Waals surface area contributed by atoms with Crippen LogP contribution in [0.25, 0.3) is 0 Å². The number of carbonyl (C=O) groups excluding carboxylic acids is 2. The van der Waals surface area contributed by atoms with E-state index in [0.717, 1.165) is 18.4 Å². The number of hydrogen-bond donors (Lipinski definition) is 1. The van der Waals surface area contributed by atoms with Gasteiger partial charge in [0.25, 0.3) is 5.91 Å². The van der Waals surface area contributed by atoms with Gasteiger partial charge in [0.2, 0.25) is 5.91 Å². The first-order chi connectivity index (χ1) is 14.0. The molecule has 1 atom stereocenters. The average Bonchev–Trinajstić information content (AvgIpc) is 3.55. The Morgan fingerprint density at radius 2 is 1.72 bits per heavy atom. The zero-order chi connectivity index (χ0) is 20.4. The second kappa shape index (κ2) is 8.33. The zero-order valence-electron chi connectivity index (χ0n) is 16.6. The summed E-state index contributed by atoms with van der Waals surface area (Å²) in [6, 6.07) is 14.3. The van der Waals surface area contributed by atoms with Gasteiger partial charge in [-0.1, -0.05) is 36.4 Å². The van der Waals surface area contributed by atoms with Crippen LogP contribution >= 0.6 is 0 Å². The van der Waals surface area contributed by atoms with Crippen molar-refractivity contribution in [1.82, 2.24) is 15.1 Å². The molecule has 0 aromatic heterocycles. The van der Waals surface area contributed by atoms with Crippen molar-refractivity contribution in [2.75, 3.05) is 26.2 Å². The summed E-state index contributed by atoms with van der Waals surface area (Å²) in [6.45, 7) is 3.89. The van der Waals surface area contributed by atoms with Crippen LogP contribution in [0.2, 0.25) is 0 Å². The fourth-order valence-electron chi connectivity index (χ4n) is 3.76. The summed E-state index contributed by atoms with van der Waals surface area (Å²) >= 11 is 0. The van der Waals surface area contributed by atoms with Crippen LogP contribution in [0.4, 0.5) is 4.39 Å². The Morgan fingerprint density at radius 1 is 1.03 bits per heavy atom. The van der Waals surface area contributed by atoms with Crippen molar-refractivity contribution in [3.63, 3.8) is 0 Å². The molecule has 2 aromatic rings. The summed E-state index contributed by atoms with van der Waals surface area (Å²) in [5.41, 5.74) is 1.86. The molecule has 2 aliphatic rings. The minimum absolute atomic E-state index is 0.0269. The van der Waals surface area contributed by atoms with Crippen LogP contribution in [0.5, 0.6) is 0 Å². The molecular formula is C23H26FN3O2. The van der Waals surface area contributed by atoms with Crippen molar-refractivity contribution in [3.8, 4) is 0 Å². The zero-order valence-corrected chi connectivity index (χ0v) is 16.6. The second-order valence-electron chi connectivity index (χ2n) is 7.89. The van der Waals surface area contributed by atoms with E-state index in [9.17, 15) is 14.0 Å². The number of nitrogens with one attached hydrogen (secondary N) is 1. The van der Waals surface area contributed by atoms with Crippen LogP contribution in [-0.2, 0) is 4.79 Å². The third-order valence-corrected chi connectivity index (χ3v) is 5.67. The molecule has 29 heavy (non-hydrogen) atoms. The number of benzene rings is 2. The number of halogens is 1. The molecule has 6 heteroatoms. The van der Waals surface area contributed by atoms with E-state index in [-0.39, 0.29) is 23.7 Å². The Labute approximate surface area is 170 Å². The van der Waals surface area contributed by atoms with Crippen LogP contribution in [0.1, 0.15) is 40.4 Å². The molecule has 4 rings (SSSR count). The Bertz CT molecular complexity index is 890. The first-order valence-electron chi connectivity index (χ1n) is 10.2. The molecule has 0 bridgehead atoms. The standard InChI is InChI=1S/C23H26FN3O2/c1-16-7-8-18(15-20(16)24)23(29)27-13-11-26(12-14-27)21(17-5-3-2-4-6-17)22(28)25-19-9-10-19/h2-8,15,19,21H,9-14H2,1H3,(H,25,28)/t21-/m1/s1. The molecule has 1 aliphatic carbocycles. The van der Waals surface area contributed by atoms with E-state index in [4.69, 9.17) is 0 Å². The molecule has 0 radical (unpaired) electrons. The van der Waals surface area contributed by atoms with Crippen molar-refractivity contribution >= 4 is 11.8 Å². The fourth-order valence-corrected chi connectivity index (χ4v) is 3.76. The van der Waals surface area contributed by atoms with Crippen molar-refractivity contribution in [2.45, 2.75) is 31.8 Å². The van der Waals surface area contributed by atoms with Gasteiger partial charge < -0.3 is 10.2 Å². The molecule has 2 aromatic carbocycles. The van der Waals surface area contributed by atoms with Gasteiger partial charge in [0.1, 0.15) is 11.9 Å². The van der Waals surface area contributed by atoms with Crippen LogP contribution in [0.3, 0.4) is 0 Å². The van der Waals surface area contributed by atoms with Crippen molar-refractivity contribution < 1.29 is 14.0 Å². The van der Waals surface area contributed by atoms with E-state index < -0.39 is 0 Å². The van der Waals surface area contributed by atoms with E-state index in [0.29, 0.717) is 43.3 Å². The molecule has 2 fully saturated rings.